The van der Waals surface area contributed by atoms with E-state index in [2.05, 4.69) is 9.68 Å². The van der Waals surface area contributed by atoms with Crippen LogP contribution in [0.4, 0.5) is 37.7 Å². The van der Waals surface area contributed by atoms with Gasteiger partial charge >= 0.3 is 12.7 Å². The zero-order valence-electron chi connectivity index (χ0n) is 11.7. The molecule has 0 saturated heterocycles. The molecule has 0 fully saturated rings. The first-order chi connectivity index (χ1) is 11.0. The summed E-state index contributed by atoms with van der Waals surface area (Å²) in [7, 11) is 0. The molecule has 10 heteroatoms. The largest absolute Gasteiger partial charge is 0.545 e. The molecule has 130 valence electrons. The maximum absolute atomic E-state index is 12.2. The normalized spacial score (nSPS) is 12.2. The van der Waals surface area contributed by atoms with Gasteiger partial charge in [-0.15, -0.1) is 41.2 Å². The van der Waals surface area contributed by atoms with E-state index >= 15 is 0 Å². The molecule has 0 spiro atoms. The quantitative estimate of drug-likeness (QED) is 0.495. The number of nitrogen functional groups attached to an aromatic ring is 1. The minimum Gasteiger partial charge on any atom is -0.399 e. The summed E-state index contributed by atoms with van der Waals surface area (Å²) >= 11 is 0. The van der Waals surface area contributed by atoms with Crippen LogP contribution in [0.5, 0.6) is 0 Å². The Kier molecular flexibility index (Phi) is 4.90. The van der Waals surface area contributed by atoms with Crippen molar-refractivity contribution in [2.75, 3.05) is 11.0 Å². The van der Waals surface area contributed by atoms with Crippen molar-refractivity contribution in [3.8, 4) is 11.1 Å². The molecule has 24 heavy (non-hydrogen) atoms. The highest BCUT2D eigenvalue weighted by Gasteiger charge is 2.41. The van der Waals surface area contributed by atoms with Crippen LogP contribution < -0.4 is 11.0 Å². The Morgan fingerprint density at radius 3 is 1.42 bits per heavy atom. The average molecular weight is 352 g/mol. The van der Waals surface area contributed by atoms with E-state index in [4.69, 9.17) is 5.73 Å². The molecule has 2 rings (SSSR count). The van der Waals surface area contributed by atoms with Crippen LogP contribution in [0, 0.1) is 0 Å². The van der Waals surface area contributed by atoms with Gasteiger partial charge < -0.3 is 5.73 Å². The van der Waals surface area contributed by atoms with E-state index in [1.165, 1.54) is 12.1 Å². The Morgan fingerprint density at radius 2 is 1.04 bits per heavy atom. The van der Waals surface area contributed by atoms with Crippen LogP contribution in [0.15, 0.2) is 48.5 Å². The van der Waals surface area contributed by atoms with Crippen molar-refractivity contribution in [1.29, 1.82) is 0 Å². The first kappa shape index (κ1) is 17.9. The van der Waals surface area contributed by atoms with E-state index < -0.39 is 23.6 Å². The van der Waals surface area contributed by atoms with Crippen molar-refractivity contribution in [2.24, 2.45) is 0 Å². The molecule has 0 radical (unpaired) electrons. The second-order valence-corrected chi connectivity index (χ2v) is 4.50. The molecule has 2 aromatic carbocycles. The van der Waals surface area contributed by atoms with Gasteiger partial charge in [0, 0.05) is 5.69 Å². The SMILES string of the molecule is Nc1ccc(-c2ccc(N(OC(F)(F)F)OC(F)(F)F)cc2)cc1. The molecule has 0 amide bonds. The standard InChI is InChI=1S/C14H10F6N2O2/c15-13(16,17)23-22(24-14(18,19)20)12-7-3-10(4-8-12)9-1-5-11(21)6-2-9/h1-8H,21H2. The number of halogens is 6. The molecule has 0 heterocycles. The predicted molar refractivity (Wildman–Crippen MR) is 73.0 cm³/mol. The molecule has 0 aromatic heterocycles. The maximum Gasteiger partial charge on any atom is 0.545 e. The Morgan fingerprint density at radius 1 is 0.667 bits per heavy atom. The number of hydrogen-bond acceptors (Lipinski definition) is 4. The van der Waals surface area contributed by atoms with Crippen molar-refractivity contribution in [1.82, 2.24) is 0 Å². The molecule has 0 aliphatic heterocycles. The first-order valence-corrected chi connectivity index (χ1v) is 6.31. The molecule has 2 N–H and O–H groups in total. The molecule has 2 aromatic rings. The van der Waals surface area contributed by atoms with Gasteiger partial charge in [0.05, 0.1) is 5.69 Å². The van der Waals surface area contributed by atoms with Crippen LogP contribution in [-0.2, 0) is 9.68 Å². The number of nitrogens with zero attached hydrogens (tertiary/aromatic N) is 1. The summed E-state index contributed by atoms with van der Waals surface area (Å²) < 4.78 is 73.4. The van der Waals surface area contributed by atoms with Crippen LogP contribution in [0.2, 0.25) is 0 Å². The van der Waals surface area contributed by atoms with E-state index in [9.17, 15) is 26.3 Å². The van der Waals surface area contributed by atoms with Crippen molar-refractivity contribution in [3.63, 3.8) is 0 Å². The zero-order chi connectivity index (χ0) is 18.0. The van der Waals surface area contributed by atoms with E-state index in [0.717, 1.165) is 12.1 Å². The minimum absolute atomic E-state index is 0.513. The van der Waals surface area contributed by atoms with Crippen molar-refractivity contribution < 1.29 is 36.0 Å². The van der Waals surface area contributed by atoms with E-state index in [0.29, 0.717) is 16.8 Å². The highest BCUT2D eigenvalue weighted by Crippen LogP contribution is 2.30. The number of rotatable bonds is 4. The summed E-state index contributed by atoms with van der Waals surface area (Å²) in [4.78, 5) is 6.47. The van der Waals surface area contributed by atoms with E-state index in [1.807, 2.05) is 0 Å². The fraction of sp³-hybridized carbons (Fsp3) is 0.143. The molecule has 0 aliphatic rings. The molecule has 4 nitrogen and oxygen atoms in total. The number of benzene rings is 2. The topological polar surface area (TPSA) is 47.7 Å². The minimum atomic E-state index is -5.36. The second kappa shape index (κ2) is 6.57. The lowest BCUT2D eigenvalue weighted by atomic mass is 10.1. The summed E-state index contributed by atoms with van der Waals surface area (Å²) in [6.07, 6.45) is -10.7. The highest BCUT2D eigenvalue weighted by molar-refractivity contribution is 5.67. The number of alkyl halides is 6. The van der Waals surface area contributed by atoms with Gasteiger partial charge in [0.25, 0.3) is 0 Å². The van der Waals surface area contributed by atoms with Crippen LogP contribution in [-0.4, -0.2) is 12.7 Å². The van der Waals surface area contributed by atoms with Gasteiger partial charge in [0.15, 0.2) is 0 Å². The third-order valence-corrected chi connectivity index (χ3v) is 2.69. The lowest BCUT2D eigenvalue weighted by Crippen LogP contribution is -2.36. The molecule has 0 unspecified atom stereocenters. The Hall–Kier alpha value is -2.46. The Bertz CT molecular complexity index is 652. The van der Waals surface area contributed by atoms with Gasteiger partial charge in [-0.25, -0.2) is 0 Å². The van der Waals surface area contributed by atoms with E-state index in [1.54, 1.807) is 24.3 Å². The molecule has 0 saturated carbocycles. The summed E-state index contributed by atoms with van der Waals surface area (Å²) in [5.41, 5.74) is 6.68. The van der Waals surface area contributed by atoms with Crippen LogP contribution in [0.1, 0.15) is 0 Å². The maximum atomic E-state index is 12.2. The smallest absolute Gasteiger partial charge is 0.399 e. The fourth-order valence-electron chi connectivity index (χ4n) is 1.76. The molecular formula is C14H10F6N2O2. The number of hydrogen-bond donors (Lipinski definition) is 1. The van der Waals surface area contributed by atoms with Gasteiger partial charge in [-0.3, -0.25) is 0 Å². The molecule has 0 atom stereocenters. The summed E-state index contributed by atoms with van der Waals surface area (Å²) in [6.45, 7) is 0. The number of nitrogens with two attached hydrogens (primary N) is 1. The predicted octanol–water partition coefficient (Wildman–Crippen LogP) is 4.65. The monoisotopic (exact) mass is 352 g/mol. The second-order valence-electron chi connectivity index (χ2n) is 4.50. The summed E-state index contributed by atoms with van der Waals surface area (Å²) in [5, 5.41) is -0.743. The van der Waals surface area contributed by atoms with Crippen molar-refractivity contribution >= 4 is 11.4 Å². The van der Waals surface area contributed by atoms with Gasteiger partial charge in [0.1, 0.15) is 0 Å². The lowest BCUT2D eigenvalue weighted by Gasteiger charge is -2.24. The highest BCUT2D eigenvalue weighted by atomic mass is 19.4. The molecular weight excluding hydrogens is 342 g/mol. The molecule has 0 bridgehead atoms. The zero-order valence-corrected chi connectivity index (χ0v) is 11.7. The van der Waals surface area contributed by atoms with Crippen molar-refractivity contribution in [3.05, 3.63) is 48.5 Å². The van der Waals surface area contributed by atoms with Crippen LogP contribution in [0.3, 0.4) is 0 Å². The van der Waals surface area contributed by atoms with Gasteiger partial charge in [-0.1, -0.05) is 24.3 Å². The van der Waals surface area contributed by atoms with Gasteiger partial charge in [-0.2, -0.15) is 0 Å². The average Bonchev–Trinajstić information content (AvgIpc) is 2.45. The third-order valence-electron chi connectivity index (χ3n) is 2.69. The Balaban J connectivity index is 2.25. The Labute approximate surface area is 131 Å². The third kappa shape index (κ3) is 5.32. The lowest BCUT2D eigenvalue weighted by molar-refractivity contribution is -0.419. The van der Waals surface area contributed by atoms with E-state index in [-0.39, 0.29) is 0 Å². The van der Waals surface area contributed by atoms with Crippen LogP contribution >= 0.6 is 0 Å². The first-order valence-electron chi connectivity index (χ1n) is 6.31. The number of anilines is 2. The fourth-order valence-corrected chi connectivity index (χ4v) is 1.76. The van der Waals surface area contributed by atoms with Gasteiger partial charge in [0.2, 0.25) is 0 Å². The molecule has 0 aliphatic carbocycles. The summed E-state index contributed by atoms with van der Waals surface area (Å²) in [6, 6.07) is 11.1. The summed E-state index contributed by atoms with van der Waals surface area (Å²) in [5.74, 6) is 0. The van der Waals surface area contributed by atoms with Crippen LogP contribution in [0.25, 0.3) is 11.1 Å². The van der Waals surface area contributed by atoms with Crippen molar-refractivity contribution in [2.45, 2.75) is 12.7 Å². The van der Waals surface area contributed by atoms with Gasteiger partial charge in [-0.05, 0) is 35.4 Å².